The largest absolute Gasteiger partial charge is 0.454 e. The van der Waals surface area contributed by atoms with Crippen molar-refractivity contribution >= 4 is 11.6 Å². The zero-order valence-electron chi connectivity index (χ0n) is 10.8. The van der Waals surface area contributed by atoms with Crippen LogP contribution in [0.3, 0.4) is 0 Å². The SMILES string of the molecule is CNC(=O)c1cc(Oc2cc(F)c(N)c(F)c2F)ccn1. The number of carbonyl (C=O) groups is 1. The van der Waals surface area contributed by atoms with Crippen LogP contribution < -0.4 is 15.8 Å². The van der Waals surface area contributed by atoms with Crippen molar-refractivity contribution in [2.75, 3.05) is 12.8 Å². The molecule has 0 saturated heterocycles. The molecule has 8 heteroatoms. The van der Waals surface area contributed by atoms with Crippen LogP contribution in [0.1, 0.15) is 10.5 Å². The summed E-state index contributed by atoms with van der Waals surface area (Å²) >= 11 is 0. The molecule has 0 spiro atoms. The van der Waals surface area contributed by atoms with E-state index in [1.807, 2.05) is 0 Å². The van der Waals surface area contributed by atoms with Gasteiger partial charge in [0.25, 0.3) is 5.91 Å². The summed E-state index contributed by atoms with van der Waals surface area (Å²) in [5.41, 5.74) is 4.09. The molecule has 1 aromatic heterocycles. The summed E-state index contributed by atoms with van der Waals surface area (Å²) in [5.74, 6) is -5.29. The van der Waals surface area contributed by atoms with Gasteiger partial charge in [-0.3, -0.25) is 9.78 Å². The van der Waals surface area contributed by atoms with E-state index in [0.29, 0.717) is 6.07 Å². The van der Waals surface area contributed by atoms with Crippen molar-refractivity contribution < 1.29 is 22.7 Å². The number of nitrogens with one attached hydrogen (secondary N) is 1. The Morgan fingerprint density at radius 1 is 1.29 bits per heavy atom. The maximum atomic E-state index is 13.6. The minimum atomic E-state index is -1.54. The predicted molar refractivity (Wildman–Crippen MR) is 68.4 cm³/mol. The number of benzene rings is 1. The molecule has 21 heavy (non-hydrogen) atoms. The number of rotatable bonds is 3. The molecule has 0 bridgehead atoms. The zero-order valence-corrected chi connectivity index (χ0v) is 10.8. The Morgan fingerprint density at radius 3 is 2.67 bits per heavy atom. The van der Waals surface area contributed by atoms with Crippen molar-refractivity contribution in [2.24, 2.45) is 0 Å². The molecule has 0 aliphatic heterocycles. The number of aromatic nitrogens is 1. The Kier molecular flexibility index (Phi) is 3.97. The van der Waals surface area contributed by atoms with Crippen LogP contribution in [-0.4, -0.2) is 17.9 Å². The molecule has 0 saturated carbocycles. The van der Waals surface area contributed by atoms with Gasteiger partial charge in [0.05, 0.1) is 0 Å². The number of hydrogen-bond donors (Lipinski definition) is 2. The third-order valence-corrected chi connectivity index (χ3v) is 2.58. The van der Waals surface area contributed by atoms with Crippen LogP contribution in [0.5, 0.6) is 11.5 Å². The van der Waals surface area contributed by atoms with Gasteiger partial charge in [-0.25, -0.2) is 8.78 Å². The van der Waals surface area contributed by atoms with Gasteiger partial charge in [-0.15, -0.1) is 0 Å². The van der Waals surface area contributed by atoms with Gasteiger partial charge in [0.15, 0.2) is 17.4 Å². The van der Waals surface area contributed by atoms with E-state index in [1.165, 1.54) is 25.4 Å². The van der Waals surface area contributed by atoms with Crippen molar-refractivity contribution in [1.82, 2.24) is 10.3 Å². The number of halogens is 3. The van der Waals surface area contributed by atoms with Gasteiger partial charge in [-0.1, -0.05) is 0 Å². The van der Waals surface area contributed by atoms with Gasteiger partial charge >= 0.3 is 0 Å². The fourth-order valence-corrected chi connectivity index (χ4v) is 1.52. The lowest BCUT2D eigenvalue weighted by Gasteiger charge is -2.09. The highest BCUT2D eigenvalue weighted by atomic mass is 19.2. The summed E-state index contributed by atoms with van der Waals surface area (Å²) < 4.78 is 45.3. The van der Waals surface area contributed by atoms with Crippen molar-refractivity contribution in [3.8, 4) is 11.5 Å². The first-order valence-electron chi connectivity index (χ1n) is 5.73. The molecule has 3 N–H and O–H groups in total. The second-order valence-corrected chi connectivity index (χ2v) is 3.96. The molecular formula is C13H10F3N3O2. The molecule has 1 aromatic carbocycles. The number of hydrogen-bond acceptors (Lipinski definition) is 4. The molecule has 0 aliphatic carbocycles. The fourth-order valence-electron chi connectivity index (χ4n) is 1.52. The zero-order chi connectivity index (χ0) is 15.6. The van der Waals surface area contributed by atoms with Crippen LogP contribution in [0.25, 0.3) is 0 Å². The monoisotopic (exact) mass is 297 g/mol. The van der Waals surface area contributed by atoms with E-state index in [0.717, 1.165) is 0 Å². The smallest absolute Gasteiger partial charge is 0.269 e. The highest BCUT2D eigenvalue weighted by molar-refractivity contribution is 5.92. The van der Waals surface area contributed by atoms with Gasteiger partial charge in [0, 0.05) is 25.4 Å². The van der Waals surface area contributed by atoms with E-state index in [1.54, 1.807) is 0 Å². The maximum absolute atomic E-state index is 13.6. The summed E-state index contributed by atoms with van der Waals surface area (Å²) in [6, 6.07) is 3.12. The molecule has 5 nitrogen and oxygen atoms in total. The molecule has 2 rings (SSSR count). The van der Waals surface area contributed by atoms with Gasteiger partial charge in [0.1, 0.15) is 17.1 Å². The fraction of sp³-hybridized carbons (Fsp3) is 0.0769. The molecule has 0 unspecified atom stereocenters. The van der Waals surface area contributed by atoms with Crippen LogP contribution in [0.4, 0.5) is 18.9 Å². The quantitative estimate of drug-likeness (QED) is 0.673. The standard InChI is InChI=1S/C13H10F3N3O2/c1-18-13(20)8-4-6(2-3-19-8)21-9-5-7(14)12(17)11(16)10(9)15/h2-5H,17H2,1H3,(H,18,20). The Balaban J connectivity index is 2.37. The average Bonchev–Trinajstić information content (AvgIpc) is 2.50. The highest BCUT2D eigenvalue weighted by Crippen LogP contribution is 2.30. The van der Waals surface area contributed by atoms with Crippen LogP contribution in [-0.2, 0) is 0 Å². The Morgan fingerprint density at radius 2 is 2.00 bits per heavy atom. The van der Waals surface area contributed by atoms with Crippen LogP contribution in [0, 0.1) is 17.5 Å². The second kappa shape index (κ2) is 5.70. The van der Waals surface area contributed by atoms with Crippen LogP contribution >= 0.6 is 0 Å². The number of nitrogens with zero attached hydrogens (tertiary/aromatic N) is 1. The van der Waals surface area contributed by atoms with Gasteiger partial charge in [-0.2, -0.15) is 4.39 Å². The number of nitrogens with two attached hydrogens (primary N) is 1. The number of amides is 1. The second-order valence-electron chi connectivity index (χ2n) is 3.96. The summed E-state index contributed by atoms with van der Waals surface area (Å²) in [6.07, 6.45) is 1.24. The number of carbonyl (C=O) groups excluding carboxylic acids is 1. The minimum absolute atomic E-state index is 0.00629. The summed E-state index contributed by atoms with van der Waals surface area (Å²) in [7, 11) is 1.40. The Bertz CT molecular complexity index is 707. The van der Waals surface area contributed by atoms with E-state index in [-0.39, 0.29) is 11.4 Å². The van der Waals surface area contributed by atoms with E-state index < -0.39 is 34.8 Å². The first-order chi connectivity index (χ1) is 9.93. The molecule has 110 valence electrons. The lowest BCUT2D eigenvalue weighted by Crippen LogP contribution is -2.19. The molecule has 1 heterocycles. The van der Waals surface area contributed by atoms with Crippen molar-refractivity contribution in [3.63, 3.8) is 0 Å². The van der Waals surface area contributed by atoms with Gasteiger partial charge in [-0.05, 0) is 6.07 Å². The lowest BCUT2D eigenvalue weighted by atomic mass is 10.2. The third kappa shape index (κ3) is 2.88. The van der Waals surface area contributed by atoms with E-state index in [9.17, 15) is 18.0 Å². The number of pyridine rings is 1. The molecule has 0 fully saturated rings. The van der Waals surface area contributed by atoms with E-state index in [2.05, 4.69) is 10.3 Å². The summed E-state index contributed by atoms with van der Waals surface area (Å²) in [5, 5.41) is 2.34. The predicted octanol–water partition coefficient (Wildman–Crippen LogP) is 2.23. The van der Waals surface area contributed by atoms with Crippen LogP contribution in [0.2, 0.25) is 0 Å². The summed E-state index contributed by atoms with van der Waals surface area (Å²) in [4.78, 5) is 15.2. The topological polar surface area (TPSA) is 77.2 Å². The van der Waals surface area contributed by atoms with E-state index in [4.69, 9.17) is 10.5 Å². The van der Waals surface area contributed by atoms with Crippen LogP contribution in [0.15, 0.2) is 24.4 Å². The Hall–Kier alpha value is -2.77. The molecule has 0 atom stereocenters. The molecule has 0 radical (unpaired) electrons. The van der Waals surface area contributed by atoms with Crippen molar-refractivity contribution in [2.45, 2.75) is 0 Å². The number of nitrogen functional groups attached to an aromatic ring is 1. The third-order valence-electron chi connectivity index (χ3n) is 2.58. The first-order valence-corrected chi connectivity index (χ1v) is 5.73. The lowest BCUT2D eigenvalue weighted by molar-refractivity contribution is 0.0958. The molecule has 2 aromatic rings. The average molecular weight is 297 g/mol. The van der Waals surface area contributed by atoms with E-state index >= 15 is 0 Å². The minimum Gasteiger partial charge on any atom is -0.454 e. The maximum Gasteiger partial charge on any atom is 0.269 e. The normalized spacial score (nSPS) is 10.3. The van der Waals surface area contributed by atoms with Gasteiger partial charge < -0.3 is 15.8 Å². The van der Waals surface area contributed by atoms with Gasteiger partial charge in [0.2, 0.25) is 5.82 Å². The number of anilines is 1. The highest BCUT2D eigenvalue weighted by Gasteiger charge is 2.18. The Labute approximate surface area is 117 Å². The molecule has 1 amide bonds. The number of ether oxygens (including phenoxy) is 1. The summed E-state index contributed by atoms with van der Waals surface area (Å²) in [6.45, 7) is 0. The first kappa shape index (κ1) is 14.6. The molecule has 0 aliphatic rings. The molecular weight excluding hydrogens is 287 g/mol. The van der Waals surface area contributed by atoms with Crippen molar-refractivity contribution in [1.29, 1.82) is 0 Å². The van der Waals surface area contributed by atoms with Crippen molar-refractivity contribution in [3.05, 3.63) is 47.5 Å².